The molecule has 3 aromatic heterocycles. The molecule has 7 nitrogen and oxygen atoms in total. The summed E-state index contributed by atoms with van der Waals surface area (Å²) < 4.78 is 13.9. The van der Waals surface area contributed by atoms with E-state index in [0.717, 1.165) is 46.5 Å². The number of amides is 1. The molecule has 0 unspecified atom stereocenters. The van der Waals surface area contributed by atoms with Crippen molar-refractivity contribution in [2.45, 2.75) is 19.4 Å². The van der Waals surface area contributed by atoms with Gasteiger partial charge in [-0.15, -0.1) is 0 Å². The highest BCUT2D eigenvalue weighted by atomic mass is 32.1. The van der Waals surface area contributed by atoms with Crippen LogP contribution in [0.3, 0.4) is 0 Å². The lowest BCUT2D eigenvalue weighted by molar-refractivity contribution is 0.100. The standard InChI is InChI=1S/C23H20N4O3S/c1-27-20-15(12-26-27)2-7-18-19(20)23(31-21(18)22(24)28)30-17-5-3-16(4-6-17)29-13-14-8-10-25-11-9-14/h3-6,8-12H,2,7,13H2,1H3,(H2,24,28). The molecule has 1 aromatic carbocycles. The number of hydrogen-bond donors (Lipinski definition) is 1. The van der Waals surface area contributed by atoms with Gasteiger partial charge in [-0.1, -0.05) is 11.3 Å². The lowest BCUT2D eigenvalue weighted by Gasteiger charge is -2.16. The van der Waals surface area contributed by atoms with Crippen LogP contribution < -0.4 is 15.2 Å². The molecule has 8 heteroatoms. The molecule has 3 heterocycles. The molecule has 31 heavy (non-hydrogen) atoms. The zero-order chi connectivity index (χ0) is 21.4. The van der Waals surface area contributed by atoms with Crippen LogP contribution in [0.1, 0.15) is 26.4 Å². The van der Waals surface area contributed by atoms with Gasteiger partial charge in [0.25, 0.3) is 5.91 Å². The number of ether oxygens (including phenoxy) is 2. The van der Waals surface area contributed by atoms with E-state index >= 15 is 0 Å². The highest BCUT2D eigenvalue weighted by Crippen LogP contribution is 2.48. The molecule has 1 aliphatic carbocycles. The van der Waals surface area contributed by atoms with Crippen LogP contribution in [0.5, 0.6) is 16.6 Å². The number of benzene rings is 1. The van der Waals surface area contributed by atoms with Crippen LogP contribution in [-0.4, -0.2) is 20.7 Å². The van der Waals surface area contributed by atoms with Gasteiger partial charge in [-0.3, -0.25) is 14.5 Å². The Morgan fingerprint density at radius 3 is 2.61 bits per heavy atom. The number of primary amides is 1. The van der Waals surface area contributed by atoms with Gasteiger partial charge in [0, 0.05) is 19.4 Å². The molecule has 1 aliphatic rings. The number of aromatic nitrogens is 3. The summed E-state index contributed by atoms with van der Waals surface area (Å²) >= 11 is 1.29. The minimum absolute atomic E-state index is 0.429. The Morgan fingerprint density at radius 1 is 1.13 bits per heavy atom. The minimum atomic E-state index is -0.429. The third-order valence-electron chi connectivity index (χ3n) is 5.28. The first kappa shape index (κ1) is 19.3. The summed E-state index contributed by atoms with van der Waals surface area (Å²) in [5, 5.41) is 5.04. The summed E-state index contributed by atoms with van der Waals surface area (Å²) in [7, 11) is 1.90. The predicted octanol–water partition coefficient (Wildman–Crippen LogP) is 4.11. The van der Waals surface area contributed by atoms with Crippen molar-refractivity contribution in [1.82, 2.24) is 14.8 Å². The van der Waals surface area contributed by atoms with Crippen molar-refractivity contribution in [2.75, 3.05) is 0 Å². The van der Waals surface area contributed by atoms with E-state index in [1.807, 2.05) is 54.3 Å². The number of hydrogen-bond acceptors (Lipinski definition) is 6. The summed E-state index contributed by atoms with van der Waals surface area (Å²) in [4.78, 5) is 16.6. The SMILES string of the molecule is Cn1ncc2c1-c1c(Oc3ccc(OCc4ccncc4)cc3)sc(C(N)=O)c1CC2. The van der Waals surface area contributed by atoms with Gasteiger partial charge in [0.05, 0.1) is 22.3 Å². The van der Waals surface area contributed by atoms with Crippen LogP contribution in [0.4, 0.5) is 0 Å². The third kappa shape index (κ3) is 3.66. The van der Waals surface area contributed by atoms with Crippen molar-refractivity contribution < 1.29 is 14.3 Å². The molecular weight excluding hydrogens is 412 g/mol. The highest BCUT2D eigenvalue weighted by molar-refractivity contribution is 7.16. The van der Waals surface area contributed by atoms with Crippen LogP contribution in [0.25, 0.3) is 11.3 Å². The topological polar surface area (TPSA) is 92.3 Å². The normalized spacial score (nSPS) is 12.2. The van der Waals surface area contributed by atoms with E-state index in [2.05, 4.69) is 10.1 Å². The fourth-order valence-electron chi connectivity index (χ4n) is 3.80. The Balaban J connectivity index is 1.41. The van der Waals surface area contributed by atoms with Gasteiger partial charge < -0.3 is 15.2 Å². The van der Waals surface area contributed by atoms with E-state index in [1.54, 1.807) is 12.4 Å². The second-order valence-corrected chi connectivity index (χ2v) is 8.28. The smallest absolute Gasteiger partial charge is 0.259 e. The molecule has 156 valence electrons. The largest absolute Gasteiger partial charge is 0.489 e. The molecule has 0 bridgehead atoms. The van der Waals surface area contributed by atoms with E-state index in [-0.39, 0.29) is 0 Å². The number of carbonyl (C=O) groups excluding carboxylic acids is 1. The summed E-state index contributed by atoms with van der Waals surface area (Å²) in [6.07, 6.45) is 6.93. The molecule has 4 aromatic rings. The zero-order valence-electron chi connectivity index (χ0n) is 16.9. The molecule has 5 rings (SSSR count). The van der Waals surface area contributed by atoms with Crippen molar-refractivity contribution in [3.63, 3.8) is 0 Å². The maximum Gasteiger partial charge on any atom is 0.259 e. The molecule has 0 saturated carbocycles. The van der Waals surface area contributed by atoms with E-state index in [1.165, 1.54) is 11.3 Å². The first-order chi connectivity index (χ1) is 15.1. The second-order valence-electron chi connectivity index (χ2n) is 7.30. The Kier molecular flexibility index (Phi) is 4.91. The molecule has 0 aliphatic heterocycles. The lowest BCUT2D eigenvalue weighted by Crippen LogP contribution is -2.13. The van der Waals surface area contributed by atoms with Gasteiger partial charge in [-0.05, 0) is 65.9 Å². The number of thiophene rings is 1. The summed E-state index contributed by atoms with van der Waals surface area (Å²) in [5.74, 6) is 0.969. The maximum atomic E-state index is 12.0. The molecule has 0 atom stereocenters. The van der Waals surface area contributed by atoms with Crippen molar-refractivity contribution in [3.8, 4) is 27.8 Å². The first-order valence-electron chi connectivity index (χ1n) is 9.86. The molecular formula is C23H20N4O3S. The Labute approximate surface area is 183 Å². The van der Waals surface area contributed by atoms with Crippen LogP contribution in [0.15, 0.2) is 55.0 Å². The minimum Gasteiger partial charge on any atom is -0.489 e. The second kappa shape index (κ2) is 7.88. The monoisotopic (exact) mass is 432 g/mol. The molecule has 1 amide bonds. The van der Waals surface area contributed by atoms with Gasteiger partial charge in [-0.2, -0.15) is 5.10 Å². The van der Waals surface area contributed by atoms with E-state index in [4.69, 9.17) is 15.2 Å². The van der Waals surface area contributed by atoms with Crippen LogP contribution >= 0.6 is 11.3 Å². The Bertz CT molecular complexity index is 1250. The summed E-state index contributed by atoms with van der Waals surface area (Å²) in [6, 6.07) is 11.3. The molecule has 0 saturated heterocycles. The van der Waals surface area contributed by atoms with E-state index < -0.39 is 5.91 Å². The number of nitrogens with two attached hydrogens (primary N) is 1. The van der Waals surface area contributed by atoms with Gasteiger partial charge in [0.2, 0.25) is 0 Å². The number of pyridine rings is 1. The molecule has 2 N–H and O–H groups in total. The predicted molar refractivity (Wildman–Crippen MR) is 118 cm³/mol. The average molecular weight is 433 g/mol. The lowest BCUT2D eigenvalue weighted by atomic mass is 9.91. The number of aryl methyl sites for hydroxylation is 2. The average Bonchev–Trinajstić information content (AvgIpc) is 3.34. The van der Waals surface area contributed by atoms with Gasteiger partial charge in [0.15, 0.2) is 5.06 Å². The van der Waals surface area contributed by atoms with E-state index in [9.17, 15) is 4.79 Å². The van der Waals surface area contributed by atoms with Gasteiger partial charge in [-0.25, -0.2) is 0 Å². The van der Waals surface area contributed by atoms with Crippen LogP contribution in [0.2, 0.25) is 0 Å². The quantitative estimate of drug-likeness (QED) is 0.495. The molecule has 0 spiro atoms. The van der Waals surface area contributed by atoms with Crippen molar-refractivity contribution in [2.24, 2.45) is 12.8 Å². The first-order valence-corrected chi connectivity index (χ1v) is 10.7. The third-order valence-corrected chi connectivity index (χ3v) is 6.41. The summed E-state index contributed by atoms with van der Waals surface area (Å²) in [6.45, 7) is 0.465. The fourth-order valence-corrected chi connectivity index (χ4v) is 4.87. The van der Waals surface area contributed by atoms with E-state index in [0.29, 0.717) is 22.3 Å². The van der Waals surface area contributed by atoms with Crippen molar-refractivity contribution in [1.29, 1.82) is 0 Å². The van der Waals surface area contributed by atoms with Gasteiger partial charge >= 0.3 is 0 Å². The van der Waals surface area contributed by atoms with Crippen molar-refractivity contribution >= 4 is 17.2 Å². The Hall–Kier alpha value is -3.65. The number of fused-ring (bicyclic) bond motifs is 3. The Morgan fingerprint density at radius 2 is 1.87 bits per heavy atom. The maximum absolute atomic E-state index is 12.0. The fraction of sp³-hybridized carbons (Fsp3) is 0.174. The van der Waals surface area contributed by atoms with Crippen LogP contribution in [0, 0.1) is 0 Å². The number of carbonyl (C=O) groups is 1. The highest BCUT2D eigenvalue weighted by Gasteiger charge is 2.30. The molecule has 0 radical (unpaired) electrons. The van der Waals surface area contributed by atoms with Crippen molar-refractivity contribution in [3.05, 3.63) is 76.6 Å². The zero-order valence-corrected chi connectivity index (χ0v) is 17.7. The van der Waals surface area contributed by atoms with Crippen LogP contribution in [-0.2, 0) is 26.5 Å². The summed E-state index contributed by atoms with van der Waals surface area (Å²) in [5.41, 5.74) is 10.7. The molecule has 0 fully saturated rings. The number of rotatable bonds is 6. The number of nitrogens with zero attached hydrogens (tertiary/aromatic N) is 3. The van der Waals surface area contributed by atoms with Gasteiger partial charge in [0.1, 0.15) is 18.1 Å².